The van der Waals surface area contributed by atoms with Crippen molar-refractivity contribution in [2.45, 2.75) is 26.8 Å². The fourth-order valence-corrected chi connectivity index (χ4v) is 1.61. The third-order valence-corrected chi connectivity index (χ3v) is 2.50. The molecule has 1 aromatic rings. The van der Waals surface area contributed by atoms with Gasteiger partial charge >= 0.3 is 0 Å². The molecule has 0 radical (unpaired) electrons. The van der Waals surface area contributed by atoms with Crippen LogP contribution in [-0.2, 0) is 13.0 Å². The molecule has 0 aromatic carbocycles. The van der Waals surface area contributed by atoms with Crippen LogP contribution in [0, 0.1) is 13.8 Å². The van der Waals surface area contributed by atoms with Crippen LogP contribution >= 0.6 is 0 Å². The van der Waals surface area contributed by atoms with Crippen LogP contribution in [0.4, 0.5) is 0 Å². The third kappa shape index (κ3) is 1.23. The van der Waals surface area contributed by atoms with E-state index in [9.17, 15) is 0 Å². The standard InChI is InChI=1S/C10H14N2/c1-7-5-9-3-4-11-6-10(9)12-8(7)2/h5,11H,3-4,6H2,1-2H3. The van der Waals surface area contributed by atoms with E-state index in [2.05, 4.69) is 30.2 Å². The summed E-state index contributed by atoms with van der Waals surface area (Å²) in [7, 11) is 0. The monoisotopic (exact) mass is 162 g/mol. The summed E-state index contributed by atoms with van der Waals surface area (Å²) >= 11 is 0. The van der Waals surface area contributed by atoms with Crippen molar-refractivity contribution in [1.29, 1.82) is 0 Å². The zero-order chi connectivity index (χ0) is 8.55. The van der Waals surface area contributed by atoms with Crippen molar-refractivity contribution in [2.75, 3.05) is 6.54 Å². The molecule has 1 aromatic heterocycles. The van der Waals surface area contributed by atoms with Gasteiger partial charge in [0.1, 0.15) is 0 Å². The second kappa shape index (κ2) is 2.87. The van der Waals surface area contributed by atoms with Gasteiger partial charge in [0.25, 0.3) is 0 Å². The van der Waals surface area contributed by atoms with Crippen molar-refractivity contribution in [2.24, 2.45) is 0 Å². The first-order valence-corrected chi connectivity index (χ1v) is 4.44. The van der Waals surface area contributed by atoms with Crippen LogP contribution < -0.4 is 5.32 Å². The highest BCUT2D eigenvalue weighted by Gasteiger charge is 2.10. The Morgan fingerprint density at radius 1 is 1.42 bits per heavy atom. The van der Waals surface area contributed by atoms with Crippen LogP contribution in [0.15, 0.2) is 6.07 Å². The number of hydrogen-bond donors (Lipinski definition) is 1. The number of aryl methyl sites for hydroxylation is 2. The lowest BCUT2D eigenvalue weighted by atomic mass is 10.0. The Balaban J connectivity index is 2.49. The van der Waals surface area contributed by atoms with Crippen molar-refractivity contribution in [1.82, 2.24) is 10.3 Å². The van der Waals surface area contributed by atoms with Crippen LogP contribution in [0.25, 0.3) is 0 Å². The van der Waals surface area contributed by atoms with E-state index >= 15 is 0 Å². The molecule has 64 valence electrons. The van der Waals surface area contributed by atoms with Crippen molar-refractivity contribution < 1.29 is 0 Å². The molecule has 2 heterocycles. The molecule has 2 nitrogen and oxygen atoms in total. The zero-order valence-corrected chi connectivity index (χ0v) is 7.65. The summed E-state index contributed by atoms with van der Waals surface area (Å²) in [5.74, 6) is 0. The first-order valence-electron chi connectivity index (χ1n) is 4.44. The number of pyridine rings is 1. The SMILES string of the molecule is Cc1cc2c(nc1C)CNCC2. The summed E-state index contributed by atoms with van der Waals surface area (Å²) in [6.45, 7) is 6.24. The molecule has 0 bridgehead atoms. The van der Waals surface area contributed by atoms with Gasteiger partial charge in [-0.1, -0.05) is 6.07 Å². The summed E-state index contributed by atoms with van der Waals surface area (Å²) < 4.78 is 0. The molecule has 12 heavy (non-hydrogen) atoms. The lowest BCUT2D eigenvalue weighted by Crippen LogP contribution is -2.25. The molecule has 0 fully saturated rings. The van der Waals surface area contributed by atoms with Crippen molar-refractivity contribution in [3.8, 4) is 0 Å². The number of nitrogens with zero attached hydrogens (tertiary/aromatic N) is 1. The number of nitrogens with one attached hydrogen (secondary N) is 1. The predicted molar refractivity (Wildman–Crippen MR) is 49.1 cm³/mol. The molecule has 0 saturated carbocycles. The second-order valence-electron chi connectivity index (χ2n) is 3.42. The molecule has 0 aliphatic carbocycles. The van der Waals surface area contributed by atoms with E-state index in [-0.39, 0.29) is 0 Å². The van der Waals surface area contributed by atoms with Gasteiger partial charge in [0.05, 0.1) is 5.69 Å². The highest BCUT2D eigenvalue weighted by atomic mass is 14.9. The fraction of sp³-hybridized carbons (Fsp3) is 0.500. The van der Waals surface area contributed by atoms with Crippen molar-refractivity contribution in [3.63, 3.8) is 0 Å². The van der Waals surface area contributed by atoms with Gasteiger partial charge in [-0.3, -0.25) is 4.98 Å². The topological polar surface area (TPSA) is 24.9 Å². The van der Waals surface area contributed by atoms with Gasteiger partial charge in [-0.25, -0.2) is 0 Å². The Bertz CT molecular complexity index is 274. The second-order valence-corrected chi connectivity index (χ2v) is 3.42. The molecule has 2 heteroatoms. The average molecular weight is 162 g/mol. The molecule has 0 unspecified atom stereocenters. The van der Waals surface area contributed by atoms with Gasteiger partial charge in [0.2, 0.25) is 0 Å². The summed E-state index contributed by atoms with van der Waals surface area (Å²) in [5.41, 5.74) is 5.15. The predicted octanol–water partition coefficient (Wildman–Crippen LogP) is 1.34. The summed E-state index contributed by atoms with van der Waals surface area (Å²) in [5, 5.41) is 3.33. The molecular weight excluding hydrogens is 148 g/mol. The van der Waals surface area contributed by atoms with E-state index in [0.717, 1.165) is 25.2 Å². The maximum Gasteiger partial charge on any atom is 0.0577 e. The van der Waals surface area contributed by atoms with E-state index in [0.29, 0.717) is 0 Å². The van der Waals surface area contributed by atoms with Gasteiger partial charge in [0, 0.05) is 12.2 Å². The van der Waals surface area contributed by atoms with Crippen LogP contribution in [0.5, 0.6) is 0 Å². The van der Waals surface area contributed by atoms with Gasteiger partial charge in [-0.2, -0.15) is 0 Å². The Hall–Kier alpha value is -0.890. The van der Waals surface area contributed by atoms with Gasteiger partial charge < -0.3 is 5.32 Å². The molecule has 0 saturated heterocycles. The highest BCUT2D eigenvalue weighted by Crippen LogP contribution is 2.15. The minimum Gasteiger partial charge on any atom is -0.311 e. The van der Waals surface area contributed by atoms with Crippen molar-refractivity contribution in [3.05, 3.63) is 28.6 Å². The lowest BCUT2D eigenvalue weighted by molar-refractivity contribution is 0.624. The summed E-state index contributed by atoms with van der Waals surface area (Å²) in [6.07, 6.45) is 1.13. The maximum absolute atomic E-state index is 4.55. The van der Waals surface area contributed by atoms with Gasteiger partial charge in [-0.05, 0) is 37.9 Å². The molecule has 1 aliphatic rings. The largest absolute Gasteiger partial charge is 0.311 e. The molecule has 2 rings (SSSR count). The number of aromatic nitrogens is 1. The first-order chi connectivity index (χ1) is 5.77. The molecule has 1 N–H and O–H groups in total. The normalized spacial score (nSPS) is 15.8. The summed E-state index contributed by atoms with van der Waals surface area (Å²) in [4.78, 5) is 4.55. The third-order valence-electron chi connectivity index (χ3n) is 2.50. The minimum absolute atomic E-state index is 0.941. The molecule has 0 atom stereocenters. The Morgan fingerprint density at radius 3 is 3.08 bits per heavy atom. The van der Waals surface area contributed by atoms with E-state index in [4.69, 9.17) is 0 Å². The highest BCUT2D eigenvalue weighted by molar-refractivity contribution is 5.30. The molecule has 0 amide bonds. The Labute approximate surface area is 73.0 Å². The summed E-state index contributed by atoms with van der Waals surface area (Å²) in [6, 6.07) is 2.28. The van der Waals surface area contributed by atoms with Crippen LogP contribution in [0.1, 0.15) is 22.5 Å². The van der Waals surface area contributed by atoms with E-state index in [1.807, 2.05) is 0 Å². The minimum atomic E-state index is 0.941. The van der Waals surface area contributed by atoms with Crippen LogP contribution in [0.2, 0.25) is 0 Å². The van der Waals surface area contributed by atoms with Crippen molar-refractivity contribution >= 4 is 0 Å². The van der Waals surface area contributed by atoms with Crippen LogP contribution in [0.3, 0.4) is 0 Å². The zero-order valence-electron chi connectivity index (χ0n) is 7.65. The van der Waals surface area contributed by atoms with Crippen LogP contribution in [-0.4, -0.2) is 11.5 Å². The van der Waals surface area contributed by atoms with E-state index in [1.165, 1.54) is 16.8 Å². The van der Waals surface area contributed by atoms with E-state index < -0.39 is 0 Å². The quantitative estimate of drug-likeness (QED) is 0.622. The molecule has 0 spiro atoms. The number of fused-ring (bicyclic) bond motifs is 1. The maximum atomic E-state index is 4.55. The van der Waals surface area contributed by atoms with Gasteiger partial charge in [0.15, 0.2) is 0 Å². The Morgan fingerprint density at radius 2 is 2.25 bits per heavy atom. The fourth-order valence-electron chi connectivity index (χ4n) is 1.61. The molecular formula is C10H14N2. The Kier molecular flexibility index (Phi) is 1.85. The van der Waals surface area contributed by atoms with Gasteiger partial charge in [-0.15, -0.1) is 0 Å². The lowest BCUT2D eigenvalue weighted by Gasteiger charge is -2.17. The number of rotatable bonds is 0. The first kappa shape index (κ1) is 7.74. The average Bonchev–Trinajstić information content (AvgIpc) is 2.07. The number of hydrogen-bond acceptors (Lipinski definition) is 2. The van der Waals surface area contributed by atoms with E-state index in [1.54, 1.807) is 0 Å². The molecule has 1 aliphatic heterocycles. The smallest absolute Gasteiger partial charge is 0.0577 e.